The summed E-state index contributed by atoms with van der Waals surface area (Å²) in [7, 11) is 3.19. The lowest BCUT2D eigenvalue weighted by molar-refractivity contribution is -0.131. The molecule has 0 aliphatic carbocycles. The molecule has 0 unspecified atom stereocenters. The molecule has 1 aliphatic heterocycles. The predicted molar refractivity (Wildman–Crippen MR) is 182 cm³/mol. The fraction of sp³-hybridized carbons (Fsp3) is 0.378. The van der Waals surface area contributed by atoms with Gasteiger partial charge < -0.3 is 19.7 Å². The maximum absolute atomic E-state index is 13.4. The average Bonchev–Trinajstić information content (AvgIpc) is 3.46. The summed E-state index contributed by atoms with van der Waals surface area (Å²) in [5, 5.41) is 10.9. The summed E-state index contributed by atoms with van der Waals surface area (Å²) in [6.45, 7) is 9.76. The first kappa shape index (κ1) is 32.6. The van der Waals surface area contributed by atoms with E-state index in [-0.39, 0.29) is 23.8 Å². The Kier molecular flexibility index (Phi) is 9.99. The van der Waals surface area contributed by atoms with Crippen molar-refractivity contribution in [3.63, 3.8) is 0 Å². The molecule has 3 amide bonds. The third-order valence-corrected chi connectivity index (χ3v) is 8.57. The molecule has 1 aromatic heterocycles. The molecule has 5 rings (SSSR count). The maximum Gasteiger partial charge on any atom is 0.324 e. The molecule has 242 valence electrons. The van der Waals surface area contributed by atoms with Crippen molar-refractivity contribution in [3.8, 4) is 17.2 Å². The molecule has 9 heteroatoms. The lowest BCUT2D eigenvalue weighted by atomic mass is 9.89. The number of rotatable bonds is 9. The monoisotopic (exact) mass is 623 g/mol. The quantitative estimate of drug-likeness (QED) is 0.206. The van der Waals surface area contributed by atoms with Crippen molar-refractivity contribution < 1.29 is 19.1 Å². The number of ether oxygens (including phenoxy) is 2. The smallest absolute Gasteiger partial charge is 0.324 e. The number of nitrogens with zero attached hydrogens (tertiary/aromatic N) is 3. The van der Waals surface area contributed by atoms with E-state index in [1.165, 1.54) is 0 Å². The van der Waals surface area contributed by atoms with Crippen LogP contribution in [0.4, 0.5) is 16.3 Å². The zero-order chi connectivity index (χ0) is 32.8. The molecule has 2 N–H and O–H groups in total. The number of methoxy groups -OCH3 is 2. The van der Waals surface area contributed by atoms with Gasteiger partial charge in [0.1, 0.15) is 5.82 Å². The van der Waals surface area contributed by atoms with Gasteiger partial charge in [0, 0.05) is 35.8 Å². The van der Waals surface area contributed by atoms with Gasteiger partial charge in [-0.2, -0.15) is 5.10 Å². The van der Waals surface area contributed by atoms with E-state index in [2.05, 4.69) is 37.5 Å². The van der Waals surface area contributed by atoms with Crippen molar-refractivity contribution in [2.45, 2.75) is 58.8 Å². The van der Waals surface area contributed by atoms with E-state index in [0.29, 0.717) is 36.3 Å². The zero-order valence-electron chi connectivity index (χ0n) is 27.7. The Morgan fingerprint density at radius 2 is 1.59 bits per heavy atom. The van der Waals surface area contributed by atoms with Crippen molar-refractivity contribution >= 4 is 23.4 Å². The summed E-state index contributed by atoms with van der Waals surface area (Å²) in [6, 6.07) is 23.2. The van der Waals surface area contributed by atoms with Gasteiger partial charge in [-0.3, -0.25) is 10.1 Å². The first-order valence-corrected chi connectivity index (χ1v) is 15.9. The van der Waals surface area contributed by atoms with Crippen LogP contribution in [-0.4, -0.2) is 53.9 Å². The molecule has 3 aromatic carbocycles. The minimum atomic E-state index is -0.324. The Morgan fingerprint density at radius 3 is 2.26 bits per heavy atom. The van der Waals surface area contributed by atoms with Crippen LogP contribution in [-0.2, 0) is 23.1 Å². The van der Waals surface area contributed by atoms with Gasteiger partial charge in [0.25, 0.3) is 0 Å². The Bertz CT molecular complexity index is 1660. The molecule has 1 saturated heterocycles. The van der Waals surface area contributed by atoms with Crippen molar-refractivity contribution in [3.05, 3.63) is 95.2 Å². The van der Waals surface area contributed by atoms with Crippen molar-refractivity contribution in [1.82, 2.24) is 14.7 Å². The van der Waals surface area contributed by atoms with E-state index < -0.39 is 0 Å². The number of carbonyl (C=O) groups excluding carboxylic acids is 2. The zero-order valence-corrected chi connectivity index (χ0v) is 27.7. The van der Waals surface area contributed by atoms with Crippen LogP contribution in [0.25, 0.3) is 5.69 Å². The third kappa shape index (κ3) is 7.70. The number of aromatic nitrogens is 2. The Morgan fingerprint density at radius 1 is 0.891 bits per heavy atom. The summed E-state index contributed by atoms with van der Waals surface area (Å²) in [5.41, 5.74) is 5.41. The Labute approximate surface area is 271 Å². The van der Waals surface area contributed by atoms with E-state index in [9.17, 15) is 9.59 Å². The van der Waals surface area contributed by atoms with Crippen LogP contribution >= 0.6 is 0 Å². The number of benzene rings is 3. The number of urea groups is 1. The number of nitrogens with one attached hydrogen (secondary N) is 2. The summed E-state index contributed by atoms with van der Waals surface area (Å²) in [5.74, 6) is 2.32. The number of hydrogen-bond acceptors (Lipinski definition) is 5. The minimum absolute atomic E-state index is 0.0863. The number of amides is 3. The van der Waals surface area contributed by atoms with Crippen LogP contribution < -0.4 is 20.1 Å². The number of para-hydroxylation sites is 2. The molecule has 4 aromatic rings. The fourth-order valence-corrected chi connectivity index (χ4v) is 5.87. The Hall–Kier alpha value is -4.79. The third-order valence-electron chi connectivity index (χ3n) is 8.57. The highest BCUT2D eigenvalue weighted by atomic mass is 16.5. The van der Waals surface area contributed by atoms with E-state index in [1.54, 1.807) is 18.9 Å². The number of carbonyl (C=O) groups is 2. The first-order valence-electron chi connectivity index (χ1n) is 15.9. The van der Waals surface area contributed by atoms with Crippen LogP contribution in [0.1, 0.15) is 56.0 Å². The standard InChI is InChI=1S/C37H45N5O4/c1-25-14-16-29(17-15-25)42-33(24-32(40-42)37(2,3)4)39-36(44)38-30-12-8-7-10-27(30)22-26-18-20-41(21-19-26)34(43)23-28-11-9-13-31(45-5)35(28)46-6/h7-17,24,26H,18-23H2,1-6H3,(H2,38,39,44). The van der Waals surface area contributed by atoms with Gasteiger partial charge in [0.05, 0.1) is 32.0 Å². The molecule has 0 spiro atoms. The van der Waals surface area contributed by atoms with Gasteiger partial charge >= 0.3 is 6.03 Å². The molecule has 0 saturated carbocycles. The molecule has 1 aliphatic rings. The second-order valence-corrected chi connectivity index (χ2v) is 13.0. The number of aryl methyl sites for hydroxylation is 1. The lowest BCUT2D eigenvalue weighted by Crippen LogP contribution is -2.39. The highest BCUT2D eigenvalue weighted by Crippen LogP contribution is 2.32. The molecular weight excluding hydrogens is 578 g/mol. The number of likely N-dealkylation sites (tertiary alicyclic amines) is 1. The molecule has 46 heavy (non-hydrogen) atoms. The van der Waals surface area contributed by atoms with Crippen molar-refractivity contribution in [2.24, 2.45) is 5.92 Å². The van der Waals surface area contributed by atoms with Gasteiger partial charge in [0.15, 0.2) is 11.5 Å². The van der Waals surface area contributed by atoms with Crippen LogP contribution in [0.2, 0.25) is 0 Å². The van der Waals surface area contributed by atoms with Gasteiger partial charge in [-0.05, 0) is 61.9 Å². The topological polar surface area (TPSA) is 97.7 Å². The van der Waals surface area contributed by atoms with Crippen LogP contribution in [0.5, 0.6) is 11.5 Å². The first-order chi connectivity index (χ1) is 22.0. The summed E-state index contributed by atoms with van der Waals surface area (Å²) in [4.78, 5) is 28.5. The normalized spacial score (nSPS) is 13.7. The maximum atomic E-state index is 13.4. The molecule has 1 fully saturated rings. The van der Waals surface area contributed by atoms with E-state index in [4.69, 9.17) is 14.6 Å². The minimum Gasteiger partial charge on any atom is -0.493 e. The second kappa shape index (κ2) is 14.1. The molecule has 0 bridgehead atoms. The second-order valence-electron chi connectivity index (χ2n) is 13.0. The largest absolute Gasteiger partial charge is 0.493 e. The van der Waals surface area contributed by atoms with E-state index >= 15 is 0 Å². The van der Waals surface area contributed by atoms with Crippen LogP contribution in [0.3, 0.4) is 0 Å². The molecule has 0 radical (unpaired) electrons. The van der Waals surface area contributed by atoms with Crippen molar-refractivity contribution in [1.29, 1.82) is 0 Å². The SMILES string of the molecule is COc1cccc(CC(=O)N2CCC(Cc3ccccc3NC(=O)Nc3cc(C(C)(C)C)nn3-c3ccc(C)cc3)CC2)c1OC. The van der Waals surface area contributed by atoms with Crippen LogP contribution in [0, 0.1) is 12.8 Å². The van der Waals surface area contributed by atoms with Gasteiger partial charge in [-0.15, -0.1) is 0 Å². The summed E-state index contributed by atoms with van der Waals surface area (Å²) >= 11 is 0. The van der Waals surface area contributed by atoms with Gasteiger partial charge in [-0.25, -0.2) is 9.48 Å². The molecule has 9 nitrogen and oxygen atoms in total. The van der Waals surface area contributed by atoms with Gasteiger partial charge in [-0.1, -0.05) is 68.8 Å². The van der Waals surface area contributed by atoms with E-state index in [1.807, 2.05) is 78.6 Å². The van der Waals surface area contributed by atoms with Crippen molar-refractivity contribution in [2.75, 3.05) is 37.9 Å². The van der Waals surface area contributed by atoms with E-state index in [0.717, 1.165) is 53.0 Å². The number of anilines is 2. The molecule has 0 atom stereocenters. The number of hydrogen-bond donors (Lipinski definition) is 2. The Balaban J connectivity index is 1.21. The summed E-state index contributed by atoms with van der Waals surface area (Å²) in [6.07, 6.45) is 2.88. The predicted octanol–water partition coefficient (Wildman–Crippen LogP) is 7.16. The lowest BCUT2D eigenvalue weighted by Gasteiger charge is -2.32. The highest BCUT2D eigenvalue weighted by Gasteiger charge is 2.26. The molecular formula is C37H45N5O4. The van der Waals surface area contributed by atoms with Crippen LogP contribution in [0.15, 0.2) is 72.8 Å². The highest BCUT2D eigenvalue weighted by molar-refractivity contribution is 6.00. The average molecular weight is 624 g/mol. The molecule has 2 heterocycles. The fourth-order valence-electron chi connectivity index (χ4n) is 5.87. The number of piperidine rings is 1. The van der Waals surface area contributed by atoms with Gasteiger partial charge in [0.2, 0.25) is 5.91 Å². The summed E-state index contributed by atoms with van der Waals surface area (Å²) < 4.78 is 12.7.